The van der Waals surface area contributed by atoms with Gasteiger partial charge in [-0.25, -0.2) is 5.01 Å². The monoisotopic (exact) mass is 662 g/mol. The van der Waals surface area contributed by atoms with E-state index in [-0.39, 0.29) is 30.8 Å². The summed E-state index contributed by atoms with van der Waals surface area (Å²) in [7, 11) is 0. The van der Waals surface area contributed by atoms with Crippen LogP contribution in [0.2, 0.25) is 15.1 Å². The topological polar surface area (TPSA) is 74.8 Å². The van der Waals surface area contributed by atoms with Crippen LogP contribution in [0.1, 0.15) is 40.5 Å². The summed E-state index contributed by atoms with van der Waals surface area (Å²) in [5.41, 5.74) is 0.369. The molecule has 184 valence electrons. The van der Waals surface area contributed by atoms with E-state index in [0.717, 1.165) is 10.0 Å². The second-order valence-electron chi connectivity index (χ2n) is 8.53. The molecule has 1 saturated carbocycles. The molecule has 4 rings (SSSR count). The van der Waals surface area contributed by atoms with E-state index in [1.807, 2.05) is 0 Å². The molecular weight excluding hydrogens is 646 g/mol. The fourth-order valence-corrected chi connectivity index (χ4v) is 6.12. The first-order valence-electron chi connectivity index (χ1n) is 10.8. The zero-order valence-electron chi connectivity index (χ0n) is 18.3. The molecule has 0 bridgehead atoms. The zero-order chi connectivity index (χ0) is 25.6. The summed E-state index contributed by atoms with van der Waals surface area (Å²) in [6.45, 7) is 1.48. The molecule has 0 N–H and O–H groups in total. The van der Waals surface area contributed by atoms with Crippen LogP contribution in [0.4, 0.5) is 0 Å². The van der Waals surface area contributed by atoms with Gasteiger partial charge >= 0.3 is 0 Å². The molecule has 5 atom stereocenters. The van der Waals surface area contributed by atoms with Crippen LogP contribution < -0.4 is 0 Å². The maximum absolute atomic E-state index is 13.7. The Balaban J connectivity index is 1.76. The van der Waals surface area contributed by atoms with Crippen molar-refractivity contribution in [1.82, 2.24) is 10.0 Å². The molecule has 2 fully saturated rings. The quantitative estimate of drug-likeness (QED) is 0.217. The third-order valence-corrected chi connectivity index (χ3v) is 10.1. The number of hydrazine groups is 1. The van der Waals surface area contributed by atoms with Crippen molar-refractivity contribution in [2.24, 2.45) is 11.8 Å². The Hall–Kier alpha value is -1.45. The van der Waals surface area contributed by atoms with Gasteiger partial charge in [-0.3, -0.25) is 19.2 Å². The summed E-state index contributed by atoms with van der Waals surface area (Å²) < 4.78 is 0. The number of rotatable bonds is 5. The fourth-order valence-electron chi connectivity index (χ4n) is 4.46. The van der Waals surface area contributed by atoms with Crippen molar-refractivity contribution < 1.29 is 19.2 Å². The number of carbonyl (C=O) groups excluding carboxylic acids is 4. The molecular formula is C24H19Br2Cl3N2O4. The minimum Gasteiger partial charge on any atom is -0.292 e. The van der Waals surface area contributed by atoms with Crippen molar-refractivity contribution in [2.75, 3.05) is 0 Å². The van der Waals surface area contributed by atoms with E-state index in [9.17, 15) is 19.2 Å². The molecule has 0 aromatic heterocycles. The molecule has 35 heavy (non-hydrogen) atoms. The number of ketones is 1. The zero-order valence-corrected chi connectivity index (χ0v) is 23.7. The molecule has 2 aliphatic rings. The van der Waals surface area contributed by atoms with E-state index in [1.54, 1.807) is 12.1 Å². The second-order valence-corrected chi connectivity index (χ2v) is 12.1. The van der Waals surface area contributed by atoms with Gasteiger partial charge < -0.3 is 0 Å². The summed E-state index contributed by atoms with van der Waals surface area (Å²) in [5, 5.41) is 2.62. The average molecular weight is 666 g/mol. The van der Waals surface area contributed by atoms with Crippen molar-refractivity contribution in [3.8, 4) is 0 Å². The van der Waals surface area contributed by atoms with E-state index in [4.69, 9.17) is 34.8 Å². The number of Topliss-reactive ketones (excluding diaryl/α,β-unsaturated/α-hetero) is 1. The van der Waals surface area contributed by atoms with Crippen LogP contribution in [0, 0.1) is 11.8 Å². The normalized spacial score (nSPS) is 24.8. The molecule has 6 nitrogen and oxygen atoms in total. The van der Waals surface area contributed by atoms with Crippen molar-refractivity contribution >= 4 is 90.2 Å². The van der Waals surface area contributed by atoms with Crippen LogP contribution in [-0.2, 0) is 9.59 Å². The highest BCUT2D eigenvalue weighted by Gasteiger charge is 2.55. The Labute approximate surface area is 234 Å². The number of hydrogen-bond acceptors (Lipinski definition) is 4. The van der Waals surface area contributed by atoms with Gasteiger partial charge in [-0.2, -0.15) is 5.01 Å². The molecule has 2 aromatic rings. The van der Waals surface area contributed by atoms with E-state index < -0.39 is 41.4 Å². The van der Waals surface area contributed by atoms with Crippen LogP contribution in [0.5, 0.6) is 0 Å². The maximum Gasteiger partial charge on any atom is 0.273 e. The summed E-state index contributed by atoms with van der Waals surface area (Å²) in [5.74, 6) is -3.38. The highest BCUT2D eigenvalue weighted by atomic mass is 79.9. The molecule has 1 heterocycles. The Kier molecular flexibility index (Phi) is 7.98. The summed E-state index contributed by atoms with van der Waals surface area (Å²) >= 11 is 25.2. The van der Waals surface area contributed by atoms with Gasteiger partial charge in [0.25, 0.3) is 17.7 Å². The number of benzene rings is 2. The molecule has 1 saturated heterocycles. The maximum atomic E-state index is 13.7. The highest BCUT2D eigenvalue weighted by Crippen LogP contribution is 2.44. The fraction of sp³-hybridized carbons (Fsp3) is 0.333. The lowest BCUT2D eigenvalue weighted by Crippen LogP contribution is -2.56. The van der Waals surface area contributed by atoms with Gasteiger partial charge in [0.1, 0.15) is 6.04 Å². The first-order chi connectivity index (χ1) is 16.5. The minimum absolute atomic E-state index is 0.00667. The van der Waals surface area contributed by atoms with Crippen molar-refractivity contribution in [3.05, 3.63) is 68.7 Å². The largest absolute Gasteiger partial charge is 0.292 e. The lowest BCUT2D eigenvalue weighted by molar-refractivity contribution is -0.156. The Morgan fingerprint density at radius 3 is 1.91 bits per heavy atom. The number of fused-ring (bicyclic) bond motifs is 1. The van der Waals surface area contributed by atoms with Crippen LogP contribution in [-0.4, -0.2) is 49.2 Å². The number of imide groups is 1. The van der Waals surface area contributed by atoms with Crippen molar-refractivity contribution in [1.29, 1.82) is 0 Å². The number of amides is 3. The third-order valence-electron chi connectivity index (χ3n) is 6.35. The number of alkyl halides is 2. The van der Waals surface area contributed by atoms with E-state index >= 15 is 0 Å². The van der Waals surface area contributed by atoms with Gasteiger partial charge in [0.15, 0.2) is 5.78 Å². The van der Waals surface area contributed by atoms with Crippen LogP contribution in [0.3, 0.4) is 0 Å². The van der Waals surface area contributed by atoms with Gasteiger partial charge in [-0.15, -0.1) is 0 Å². The first kappa shape index (κ1) is 26.6. The predicted molar refractivity (Wildman–Crippen MR) is 141 cm³/mol. The number of hydrogen-bond donors (Lipinski definition) is 0. The highest BCUT2D eigenvalue weighted by molar-refractivity contribution is 9.12. The summed E-state index contributed by atoms with van der Waals surface area (Å²) in [6, 6.07) is 9.22. The standard InChI is InChI=1S/C24H19Br2Cl3N2O4/c1-11(21(32)12-2-5-14(27)6-3-12)30(22(33)13-4-7-19(28)20(29)8-13)31-23(34)15-9-17(25)18(26)10-16(15)24(31)35/h2-8,11,15-18H,9-10H2,1H3/t11-,15-,16-,17+,18+/m1/s1. The van der Waals surface area contributed by atoms with E-state index in [1.165, 1.54) is 37.3 Å². The molecule has 1 aliphatic carbocycles. The predicted octanol–water partition coefficient (Wildman–Crippen LogP) is 6.20. The van der Waals surface area contributed by atoms with Gasteiger partial charge in [-0.05, 0) is 62.2 Å². The molecule has 0 spiro atoms. The first-order valence-corrected chi connectivity index (χ1v) is 13.7. The molecule has 2 aromatic carbocycles. The van der Waals surface area contributed by atoms with Crippen molar-refractivity contribution in [2.45, 2.75) is 35.5 Å². The Bertz CT molecular complexity index is 1180. The Morgan fingerprint density at radius 2 is 1.40 bits per heavy atom. The van der Waals surface area contributed by atoms with E-state index in [0.29, 0.717) is 17.9 Å². The van der Waals surface area contributed by atoms with Gasteiger partial charge in [0.05, 0.1) is 21.9 Å². The van der Waals surface area contributed by atoms with Crippen LogP contribution in [0.25, 0.3) is 0 Å². The summed E-state index contributed by atoms with van der Waals surface area (Å²) in [4.78, 5) is 54.1. The van der Waals surface area contributed by atoms with Crippen molar-refractivity contribution in [3.63, 3.8) is 0 Å². The lowest BCUT2D eigenvalue weighted by atomic mass is 9.81. The average Bonchev–Trinajstić information content (AvgIpc) is 3.05. The molecule has 0 unspecified atom stereocenters. The smallest absolute Gasteiger partial charge is 0.273 e. The number of nitrogens with zero attached hydrogens (tertiary/aromatic N) is 2. The van der Waals surface area contributed by atoms with E-state index in [2.05, 4.69) is 31.9 Å². The third kappa shape index (κ3) is 5.05. The number of carbonyl (C=O) groups is 4. The lowest BCUT2D eigenvalue weighted by Gasteiger charge is -2.34. The summed E-state index contributed by atoms with van der Waals surface area (Å²) in [6.07, 6.45) is 0.853. The van der Waals surface area contributed by atoms with Gasteiger partial charge in [0, 0.05) is 25.8 Å². The van der Waals surface area contributed by atoms with Gasteiger partial charge in [0.2, 0.25) is 0 Å². The van der Waals surface area contributed by atoms with Crippen LogP contribution >= 0.6 is 66.7 Å². The number of halogens is 5. The second kappa shape index (κ2) is 10.5. The van der Waals surface area contributed by atoms with Crippen LogP contribution in [0.15, 0.2) is 42.5 Å². The molecule has 3 amide bonds. The SMILES string of the molecule is C[C@H](C(=O)c1ccc(Cl)cc1)N(C(=O)c1ccc(Cl)c(Cl)c1)N1C(=O)[C@@H]2C[C@H](Br)[C@@H](Br)C[C@H]2C1=O. The molecule has 11 heteroatoms. The molecule has 1 aliphatic heterocycles. The molecule has 0 radical (unpaired) electrons. The minimum atomic E-state index is -1.18. The van der Waals surface area contributed by atoms with Gasteiger partial charge in [-0.1, -0.05) is 66.7 Å². The Morgan fingerprint density at radius 1 is 0.886 bits per heavy atom.